The van der Waals surface area contributed by atoms with Crippen molar-refractivity contribution in [2.24, 2.45) is 5.73 Å². The zero-order chi connectivity index (χ0) is 14.6. The average Bonchev–Trinajstić information content (AvgIpc) is 2.26. The summed E-state index contributed by atoms with van der Waals surface area (Å²) < 4.78 is 0. The molecular weight excluding hydrogens is 258 g/mol. The molecule has 1 rings (SSSR count). The predicted octanol–water partition coefficient (Wildman–Crippen LogP) is 1.67. The Balaban J connectivity index is 2.65. The van der Waals surface area contributed by atoms with Gasteiger partial charge in [-0.1, -0.05) is 12.2 Å². The van der Waals surface area contributed by atoms with Crippen LogP contribution in [-0.4, -0.2) is 30.0 Å². The van der Waals surface area contributed by atoms with Gasteiger partial charge in [-0.15, -0.1) is 0 Å². The molecule has 0 unspecified atom stereocenters. The lowest BCUT2D eigenvalue weighted by atomic mass is 10.1. The van der Waals surface area contributed by atoms with Gasteiger partial charge in [0.05, 0.1) is 6.54 Å². The molecule has 0 radical (unpaired) electrons. The van der Waals surface area contributed by atoms with Crippen LogP contribution in [0.2, 0.25) is 0 Å². The van der Waals surface area contributed by atoms with Crippen LogP contribution in [0.5, 0.6) is 0 Å². The van der Waals surface area contributed by atoms with Gasteiger partial charge in [-0.2, -0.15) is 0 Å². The molecule has 19 heavy (non-hydrogen) atoms. The summed E-state index contributed by atoms with van der Waals surface area (Å²) in [6, 6.07) is 7.52. The number of anilines is 1. The van der Waals surface area contributed by atoms with Crippen molar-refractivity contribution in [2.45, 2.75) is 26.3 Å². The van der Waals surface area contributed by atoms with E-state index in [0.29, 0.717) is 11.5 Å². The summed E-state index contributed by atoms with van der Waals surface area (Å²) in [4.78, 5) is 14.1. The van der Waals surface area contributed by atoms with Crippen LogP contribution < -0.4 is 16.0 Å². The minimum absolute atomic E-state index is 0.00609. The van der Waals surface area contributed by atoms with Crippen molar-refractivity contribution in [2.75, 3.05) is 18.5 Å². The average molecular weight is 279 g/mol. The number of nitrogens with two attached hydrogens (primary N) is 1. The van der Waals surface area contributed by atoms with Crippen molar-refractivity contribution < 1.29 is 4.79 Å². The van der Waals surface area contributed by atoms with Gasteiger partial charge in [-0.05, 0) is 45.0 Å². The lowest BCUT2D eigenvalue weighted by molar-refractivity contribution is -0.121. The third kappa shape index (κ3) is 5.26. The first kappa shape index (κ1) is 15.4. The van der Waals surface area contributed by atoms with Crippen LogP contribution in [0.3, 0.4) is 0 Å². The van der Waals surface area contributed by atoms with E-state index in [2.05, 4.69) is 5.32 Å². The number of hydrogen-bond donors (Lipinski definition) is 2. The molecule has 0 fully saturated rings. The molecule has 0 atom stereocenters. The first-order valence-corrected chi connectivity index (χ1v) is 6.52. The molecule has 0 aliphatic heterocycles. The molecule has 1 aromatic rings. The molecule has 0 spiro atoms. The van der Waals surface area contributed by atoms with E-state index in [4.69, 9.17) is 18.0 Å². The van der Waals surface area contributed by atoms with Crippen molar-refractivity contribution in [3.8, 4) is 0 Å². The number of carbonyl (C=O) groups is 1. The summed E-state index contributed by atoms with van der Waals surface area (Å²) in [7, 11) is 1.87. The number of likely N-dealkylation sites (N-methyl/N-ethyl adjacent to an activating group) is 1. The van der Waals surface area contributed by atoms with E-state index in [0.717, 1.165) is 11.3 Å². The summed E-state index contributed by atoms with van der Waals surface area (Å²) in [5, 5.41) is 2.93. The molecule has 0 aliphatic carbocycles. The highest BCUT2D eigenvalue weighted by Gasteiger charge is 2.15. The highest BCUT2D eigenvalue weighted by Crippen LogP contribution is 2.13. The lowest BCUT2D eigenvalue weighted by Gasteiger charge is -2.24. The van der Waals surface area contributed by atoms with Crippen molar-refractivity contribution in [1.82, 2.24) is 5.32 Å². The fourth-order valence-corrected chi connectivity index (χ4v) is 1.78. The van der Waals surface area contributed by atoms with E-state index in [1.165, 1.54) is 0 Å². The van der Waals surface area contributed by atoms with Crippen LogP contribution >= 0.6 is 12.2 Å². The van der Waals surface area contributed by atoms with E-state index in [-0.39, 0.29) is 11.4 Å². The van der Waals surface area contributed by atoms with Gasteiger partial charge in [0, 0.05) is 23.8 Å². The Morgan fingerprint density at radius 2 is 1.84 bits per heavy atom. The van der Waals surface area contributed by atoms with Crippen LogP contribution in [0.4, 0.5) is 5.69 Å². The summed E-state index contributed by atoms with van der Waals surface area (Å²) in [5.41, 5.74) is 7.10. The van der Waals surface area contributed by atoms with Crippen LogP contribution in [-0.2, 0) is 4.79 Å². The molecule has 0 saturated carbocycles. The van der Waals surface area contributed by atoms with Gasteiger partial charge in [-0.25, -0.2) is 0 Å². The quantitative estimate of drug-likeness (QED) is 0.823. The second-order valence-corrected chi connectivity index (χ2v) is 6.01. The number of benzene rings is 1. The van der Waals surface area contributed by atoms with E-state index in [1.807, 2.05) is 57.0 Å². The summed E-state index contributed by atoms with van der Waals surface area (Å²) in [5.74, 6) is -0.00609. The van der Waals surface area contributed by atoms with Gasteiger partial charge < -0.3 is 16.0 Å². The van der Waals surface area contributed by atoms with Crippen molar-refractivity contribution >= 4 is 28.8 Å². The van der Waals surface area contributed by atoms with Crippen molar-refractivity contribution in [3.63, 3.8) is 0 Å². The van der Waals surface area contributed by atoms with Crippen LogP contribution in [0.1, 0.15) is 26.3 Å². The molecule has 3 N–H and O–H groups in total. The van der Waals surface area contributed by atoms with E-state index in [1.54, 1.807) is 0 Å². The number of hydrogen-bond acceptors (Lipinski definition) is 3. The van der Waals surface area contributed by atoms with E-state index >= 15 is 0 Å². The normalized spacial score (nSPS) is 10.9. The number of nitrogens with one attached hydrogen (secondary N) is 1. The van der Waals surface area contributed by atoms with Crippen LogP contribution in [0.15, 0.2) is 24.3 Å². The van der Waals surface area contributed by atoms with Crippen LogP contribution in [0.25, 0.3) is 0 Å². The van der Waals surface area contributed by atoms with Gasteiger partial charge in [0.15, 0.2) is 0 Å². The van der Waals surface area contributed by atoms with Gasteiger partial charge in [0.2, 0.25) is 5.91 Å². The number of rotatable bonds is 4. The van der Waals surface area contributed by atoms with Crippen molar-refractivity contribution in [3.05, 3.63) is 29.8 Å². The first-order valence-electron chi connectivity index (χ1n) is 6.11. The van der Waals surface area contributed by atoms with Crippen molar-refractivity contribution in [1.29, 1.82) is 0 Å². The molecule has 0 saturated heterocycles. The highest BCUT2D eigenvalue weighted by atomic mass is 32.1. The minimum Gasteiger partial charge on any atom is -0.389 e. The van der Waals surface area contributed by atoms with Gasteiger partial charge in [0.25, 0.3) is 0 Å². The Labute approximate surface area is 120 Å². The van der Waals surface area contributed by atoms with Gasteiger partial charge in [-0.3, -0.25) is 4.79 Å². The second-order valence-electron chi connectivity index (χ2n) is 5.57. The Morgan fingerprint density at radius 1 is 1.32 bits per heavy atom. The largest absolute Gasteiger partial charge is 0.389 e. The number of amides is 1. The summed E-state index contributed by atoms with van der Waals surface area (Å²) in [6.45, 7) is 6.19. The predicted molar refractivity (Wildman–Crippen MR) is 83.5 cm³/mol. The maximum absolute atomic E-state index is 11.8. The summed E-state index contributed by atoms with van der Waals surface area (Å²) >= 11 is 4.90. The van der Waals surface area contributed by atoms with Gasteiger partial charge >= 0.3 is 0 Å². The molecule has 0 heterocycles. The topological polar surface area (TPSA) is 58.4 Å². The highest BCUT2D eigenvalue weighted by molar-refractivity contribution is 7.80. The van der Waals surface area contributed by atoms with E-state index < -0.39 is 0 Å². The molecule has 5 heteroatoms. The lowest BCUT2D eigenvalue weighted by Crippen LogP contribution is -2.45. The number of nitrogens with zero attached hydrogens (tertiary/aromatic N) is 1. The zero-order valence-corrected chi connectivity index (χ0v) is 12.7. The molecule has 0 bridgehead atoms. The molecule has 104 valence electrons. The fourth-order valence-electron chi connectivity index (χ4n) is 1.64. The number of carbonyl (C=O) groups excluding carboxylic acids is 1. The molecule has 1 aromatic carbocycles. The minimum atomic E-state index is -0.215. The van der Waals surface area contributed by atoms with E-state index in [9.17, 15) is 4.79 Å². The molecule has 4 nitrogen and oxygen atoms in total. The molecule has 0 aromatic heterocycles. The maximum atomic E-state index is 11.8. The fraction of sp³-hybridized carbons (Fsp3) is 0.429. The molecule has 0 aliphatic rings. The molecular formula is C14H21N3OS. The summed E-state index contributed by atoms with van der Waals surface area (Å²) in [6.07, 6.45) is 0. The Bertz CT molecular complexity index is 463. The Morgan fingerprint density at radius 3 is 2.26 bits per heavy atom. The number of thiocarbonyl (C=S) groups is 1. The third-order valence-corrected chi connectivity index (χ3v) is 2.72. The maximum Gasteiger partial charge on any atom is 0.239 e. The third-order valence-electron chi connectivity index (χ3n) is 2.49. The standard InChI is InChI=1S/C14H21N3OS/c1-14(2,3)16-12(18)9-17(4)11-7-5-10(6-8-11)13(15)19/h5-8H,9H2,1-4H3,(H2,15,19)(H,16,18). The molecule has 1 amide bonds. The Hall–Kier alpha value is -1.62. The van der Waals surface area contributed by atoms with Gasteiger partial charge in [0.1, 0.15) is 4.99 Å². The SMILES string of the molecule is CN(CC(=O)NC(C)(C)C)c1ccc(C(N)=S)cc1. The first-order chi connectivity index (χ1) is 8.69. The zero-order valence-electron chi connectivity index (χ0n) is 11.9. The monoisotopic (exact) mass is 279 g/mol. The second kappa shape index (κ2) is 6.02. The van der Waals surface area contributed by atoms with Crippen LogP contribution in [0, 0.1) is 0 Å². The smallest absolute Gasteiger partial charge is 0.239 e. The Kier molecular flexibility index (Phi) is 4.89.